The molecule has 3 heterocycles. The zero-order chi connectivity index (χ0) is 20.9. The molecule has 1 aliphatic rings. The third-order valence-corrected chi connectivity index (χ3v) is 4.87. The van der Waals surface area contributed by atoms with Gasteiger partial charge in [-0.1, -0.05) is 0 Å². The number of hydrogen-bond acceptors (Lipinski definition) is 5. The number of aromatic nitrogens is 4. The second-order valence-corrected chi connectivity index (χ2v) is 6.77. The summed E-state index contributed by atoms with van der Waals surface area (Å²) in [5.41, 5.74) is 6.06. The van der Waals surface area contributed by atoms with E-state index >= 15 is 0 Å². The third-order valence-electron chi connectivity index (χ3n) is 4.87. The predicted octanol–water partition coefficient (Wildman–Crippen LogP) is 2.88. The highest BCUT2D eigenvalue weighted by molar-refractivity contribution is 5.46. The average Bonchev–Trinajstić information content (AvgIpc) is 3.09. The van der Waals surface area contributed by atoms with E-state index in [0.717, 1.165) is 10.7 Å². The van der Waals surface area contributed by atoms with Gasteiger partial charge in [-0.25, -0.2) is 18.2 Å². The van der Waals surface area contributed by atoms with Crippen molar-refractivity contribution < 1.29 is 26.3 Å². The highest BCUT2D eigenvalue weighted by Crippen LogP contribution is 2.32. The van der Waals surface area contributed by atoms with Gasteiger partial charge < -0.3 is 10.6 Å². The van der Waals surface area contributed by atoms with Gasteiger partial charge in [0.2, 0.25) is 0 Å². The standard InChI is InChI=1S/C17H14F6N6/c18-10-6-12(20)11(19)5-9(10)8-3-4-28(7-13(8)24)15-2-1-14-25-16(17(21,22)23)27-29(14)26-15/h1-2,5-6,8,13H,3-4,7,24H2/t8-,13+/m1/s1. The Balaban J connectivity index is 1.56. The number of anilines is 1. The molecule has 1 aromatic carbocycles. The lowest BCUT2D eigenvalue weighted by Crippen LogP contribution is -2.48. The summed E-state index contributed by atoms with van der Waals surface area (Å²) in [4.78, 5) is 5.08. The van der Waals surface area contributed by atoms with E-state index in [1.807, 2.05) is 0 Å². The van der Waals surface area contributed by atoms with Crippen LogP contribution in [0.2, 0.25) is 0 Å². The Morgan fingerprint density at radius 3 is 2.41 bits per heavy atom. The van der Waals surface area contributed by atoms with Crippen LogP contribution in [0.4, 0.5) is 32.2 Å². The predicted molar refractivity (Wildman–Crippen MR) is 89.6 cm³/mol. The van der Waals surface area contributed by atoms with Crippen molar-refractivity contribution in [2.75, 3.05) is 18.0 Å². The van der Waals surface area contributed by atoms with E-state index in [0.29, 0.717) is 24.8 Å². The summed E-state index contributed by atoms with van der Waals surface area (Å²) in [6, 6.07) is 3.49. The fourth-order valence-corrected chi connectivity index (χ4v) is 3.46. The summed E-state index contributed by atoms with van der Waals surface area (Å²) in [5, 5.41) is 7.37. The number of piperidine rings is 1. The number of nitrogens with two attached hydrogens (primary N) is 1. The molecule has 2 aromatic heterocycles. The molecule has 3 aromatic rings. The zero-order valence-electron chi connectivity index (χ0n) is 14.7. The molecule has 0 saturated carbocycles. The largest absolute Gasteiger partial charge is 0.453 e. The molecule has 4 rings (SSSR count). The summed E-state index contributed by atoms with van der Waals surface area (Å²) in [7, 11) is 0. The van der Waals surface area contributed by atoms with Gasteiger partial charge in [0, 0.05) is 31.1 Å². The van der Waals surface area contributed by atoms with Gasteiger partial charge in [0.05, 0.1) is 0 Å². The Morgan fingerprint density at radius 2 is 1.72 bits per heavy atom. The van der Waals surface area contributed by atoms with Crippen molar-refractivity contribution in [2.24, 2.45) is 5.73 Å². The molecule has 0 radical (unpaired) electrons. The molecular formula is C17H14F6N6. The van der Waals surface area contributed by atoms with E-state index < -0.39 is 41.4 Å². The molecule has 0 unspecified atom stereocenters. The Hall–Kier alpha value is -2.89. The van der Waals surface area contributed by atoms with Crippen LogP contribution in [0.1, 0.15) is 23.7 Å². The molecule has 0 spiro atoms. The Bertz CT molecular complexity index is 1060. The fourth-order valence-electron chi connectivity index (χ4n) is 3.46. The van der Waals surface area contributed by atoms with Crippen LogP contribution in [0.5, 0.6) is 0 Å². The second-order valence-electron chi connectivity index (χ2n) is 6.77. The van der Waals surface area contributed by atoms with Gasteiger partial charge in [0.25, 0.3) is 5.82 Å². The third kappa shape index (κ3) is 3.59. The van der Waals surface area contributed by atoms with Crippen LogP contribution < -0.4 is 10.6 Å². The quantitative estimate of drug-likeness (QED) is 0.514. The van der Waals surface area contributed by atoms with Crippen molar-refractivity contribution in [1.29, 1.82) is 0 Å². The molecule has 0 aliphatic carbocycles. The van der Waals surface area contributed by atoms with Crippen LogP contribution >= 0.6 is 0 Å². The lowest BCUT2D eigenvalue weighted by Gasteiger charge is -2.37. The second kappa shape index (κ2) is 6.87. The Kier molecular flexibility index (Phi) is 4.60. The van der Waals surface area contributed by atoms with Gasteiger partial charge >= 0.3 is 6.18 Å². The molecule has 1 fully saturated rings. The van der Waals surface area contributed by atoms with Crippen LogP contribution in [0.25, 0.3) is 5.65 Å². The number of hydrogen-bond donors (Lipinski definition) is 1. The normalized spacial score (nSPS) is 20.4. The first-order chi connectivity index (χ1) is 13.6. The molecule has 1 saturated heterocycles. The molecule has 0 amide bonds. The fraction of sp³-hybridized carbons (Fsp3) is 0.353. The minimum absolute atomic E-state index is 0.00874. The average molecular weight is 416 g/mol. The van der Waals surface area contributed by atoms with Gasteiger partial charge in [0.1, 0.15) is 5.82 Å². The summed E-state index contributed by atoms with van der Waals surface area (Å²) in [5.74, 6) is -4.84. The molecule has 154 valence electrons. The topological polar surface area (TPSA) is 72.3 Å². The van der Waals surface area contributed by atoms with Crippen LogP contribution in [0, 0.1) is 17.5 Å². The minimum atomic E-state index is -4.69. The van der Waals surface area contributed by atoms with Gasteiger partial charge in [-0.2, -0.15) is 13.2 Å². The van der Waals surface area contributed by atoms with E-state index in [-0.39, 0.29) is 17.8 Å². The van der Waals surface area contributed by atoms with E-state index in [1.54, 1.807) is 4.90 Å². The maximum atomic E-state index is 14.1. The molecule has 0 bridgehead atoms. The van der Waals surface area contributed by atoms with Crippen LogP contribution in [0.15, 0.2) is 24.3 Å². The van der Waals surface area contributed by atoms with Crippen molar-refractivity contribution in [1.82, 2.24) is 19.8 Å². The van der Waals surface area contributed by atoms with E-state index in [1.165, 1.54) is 12.1 Å². The number of fused-ring (bicyclic) bond motifs is 1. The van der Waals surface area contributed by atoms with Crippen LogP contribution in [0.3, 0.4) is 0 Å². The number of halogens is 6. The molecule has 2 atom stereocenters. The van der Waals surface area contributed by atoms with Crippen molar-refractivity contribution in [2.45, 2.75) is 24.6 Å². The van der Waals surface area contributed by atoms with Crippen molar-refractivity contribution in [3.8, 4) is 0 Å². The molecule has 6 nitrogen and oxygen atoms in total. The summed E-state index contributed by atoms with van der Waals surface area (Å²) < 4.78 is 79.8. The molecule has 29 heavy (non-hydrogen) atoms. The van der Waals surface area contributed by atoms with Crippen LogP contribution in [-0.4, -0.2) is 38.9 Å². The first-order valence-corrected chi connectivity index (χ1v) is 8.60. The Labute approximate surface area is 159 Å². The number of rotatable bonds is 2. The number of nitrogens with zero attached hydrogens (tertiary/aromatic N) is 5. The smallest absolute Gasteiger partial charge is 0.354 e. The summed E-state index contributed by atoms with van der Waals surface area (Å²) in [6.07, 6.45) is -4.38. The lowest BCUT2D eigenvalue weighted by atomic mass is 9.85. The number of benzene rings is 1. The van der Waals surface area contributed by atoms with Crippen molar-refractivity contribution in [3.63, 3.8) is 0 Å². The number of alkyl halides is 3. The highest BCUT2D eigenvalue weighted by Gasteiger charge is 2.37. The zero-order valence-corrected chi connectivity index (χ0v) is 14.7. The summed E-state index contributed by atoms with van der Waals surface area (Å²) in [6.45, 7) is 0.512. The first kappa shape index (κ1) is 19.4. The Morgan fingerprint density at radius 1 is 1.00 bits per heavy atom. The molecule has 1 aliphatic heterocycles. The van der Waals surface area contributed by atoms with Gasteiger partial charge in [-0.3, -0.25) is 0 Å². The summed E-state index contributed by atoms with van der Waals surface area (Å²) >= 11 is 0. The molecular weight excluding hydrogens is 402 g/mol. The minimum Gasteiger partial charge on any atom is -0.354 e. The van der Waals surface area contributed by atoms with Gasteiger partial charge in [-0.15, -0.1) is 14.8 Å². The van der Waals surface area contributed by atoms with E-state index in [2.05, 4.69) is 15.2 Å². The molecule has 12 heteroatoms. The SMILES string of the molecule is N[C@H]1CN(c2ccc3nc(C(F)(F)F)nn3n2)CC[C@@H]1c1cc(F)c(F)cc1F. The van der Waals surface area contributed by atoms with E-state index in [4.69, 9.17) is 5.73 Å². The lowest BCUT2D eigenvalue weighted by molar-refractivity contribution is -0.144. The monoisotopic (exact) mass is 416 g/mol. The van der Waals surface area contributed by atoms with Crippen molar-refractivity contribution >= 4 is 11.5 Å². The van der Waals surface area contributed by atoms with E-state index in [9.17, 15) is 26.3 Å². The van der Waals surface area contributed by atoms with Crippen molar-refractivity contribution in [3.05, 3.63) is 53.1 Å². The highest BCUT2D eigenvalue weighted by atomic mass is 19.4. The van der Waals surface area contributed by atoms with Gasteiger partial charge in [0.15, 0.2) is 23.1 Å². The first-order valence-electron chi connectivity index (χ1n) is 8.60. The molecule has 2 N–H and O–H groups in total. The van der Waals surface area contributed by atoms with Gasteiger partial charge in [-0.05, 0) is 30.2 Å². The van der Waals surface area contributed by atoms with Crippen LogP contribution in [-0.2, 0) is 6.18 Å². The maximum Gasteiger partial charge on any atom is 0.453 e. The maximum absolute atomic E-state index is 14.1.